The molecule has 3 heterocycles. The number of nitrogens with zero attached hydrogens (tertiary/aromatic N) is 3. The maximum Gasteiger partial charge on any atom is 0.239 e. The summed E-state index contributed by atoms with van der Waals surface area (Å²) in [6.45, 7) is 3.28. The van der Waals surface area contributed by atoms with Crippen molar-refractivity contribution in [3.05, 3.63) is 52.6 Å². The topological polar surface area (TPSA) is 82.6 Å². The number of para-hydroxylation sites is 1. The van der Waals surface area contributed by atoms with Crippen molar-refractivity contribution in [2.75, 3.05) is 29.9 Å². The van der Waals surface area contributed by atoms with Crippen LogP contribution in [-0.4, -0.2) is 47.2 Å². The number of halogens is 1. The lowest BCUT2D eigenvalue weighted by Gasteiger charge is -2.33. The number of carbonyl (C=O) groups is 3. The van der Waals surface area contributed by atoms with Crippen LogP contribution in [0.25, 0.3) is 0 Å². The van der Waals surface area contributed by atoms with E-state index in [2.05, 4.69) is 26.2 Å². The van der Waals surface area contributed by atoms with Gasteiger partial charge in [-0.15, -0.1) is 0 Å². The van der Waals surface area contributed by atoms with Crippen LogP contribution < -0.4 is 10.2 Å². The minimum atomic E-state index is -0.688. The van der Waals surface area contributed by atoms with Crippen LogP contribution in [0, 0.1) is 18.8 Å². The normalized spacial score (nSPS) is 21.3. The predicted molar refractivity (Wildman–Crippen MR) is 122 cm³/mol. The summed E-state index contributed by atoms with van der Waals surface area (Å²) in [6.07, 6.45) is 1.93. The van der Waals surface area contributed by atoms with Crippen LogP contribution in [0.3, 0.4) is 0 Å². The van der Waals surface area contributed by atoms with E-state index in [1.165, 1.54) is 0 Å². The number of pyridine rings is 1. The van der Waals surface area contributed by atoms with Gasteiger partial charge >= 0.3 is 0 Å². The molecule has 2 aliphatic rings. The van der Waals surface area contributed by atoms with Crippen LogP contribution in [0.4, 0.5) is 11.5 Å². The van der Waals surface area contributed by atoms with Gasteiger partial charge in [-0.05, 0) is 66.4 Å². The molecule has 0 radical (unpaired) electrons. The molecule has 2 saturated heterocycles. The first-order chi connectivity index (χ1) is 14.9. The fourth-order valence-electron chi connectivity index (χ4n) is 4.27. The number of anilines is 2. The number of piperidine rings is 1. The van der Waals surface area contributed by atoms with Crippen LogP contribution in [0.2, 0.25) is 0 Å². The van der Waals surface area contributed by atoms with Crippen molar-refractivity contribution < 1.29 is 14.4 Å². The summed E-state index contributed by atoms with van der Waals surface area (Å²) in [5, 5.41) is 2.86. The summed E-state index contributed by atoms with van der Waals surface area (Å²) in [6, 6.07) is 13.0. The van der Waals surface area contributed by atoms with Gasteiger partial charge in [-0.25, -0.2) is 4.98 Å². The van der Waals surface area contributed by atoms with Gasteiger partial charge in [0.1, 0.15) is 11.7 Å². The number of amides is 3. The average Bonchev–Trinajstić information content (AvgIpc) is 3.14. The molecule has 7 nitrogen and oxygen atoms in total. The third-order valence-corrected chi connectivity index (χ3v) is 6.56. The first kappa shape index (κ1) is 21.5. The summed E-state index contributed by atoms with van der Waals surface area (Å²) in [5.41, 5.74) is 1.61. The van der Waals surface area contributed by atoms with Gasteiger partial charge in [0.15, 0.2) is 0 Å². The molecule has 8 heteroatoms. The number of likely N-dealkylation sites (tertiary alicyclic amines) is 1. The Morgan fingerprint density at radius 3 is 2.68 bits per heavy atom. The molecule has 162 valence electrons. The van der Waals surface area contributed by atoms with Gasteiger partial charge in [-0.1, -0.05) is 18.2 Å². The molecule has 1 aromatic carbocycles. The fourth-order valence-corrected chi connectivity index (χ4v) is 4.77. The first-order valence-electron chi connectivity index (χ1n) is 10.5. The highest BCUT2D eigenvalue weighted by Crippen LogP contribution is 2.32. The van der Waals surface area contributed by atoms with Crippen molar-refractivity contribution in [1.82, 2.24) is 9.88 Å². The molecule has 2 fully saturated rings. The van der Waals surface area contributed by atoms with E-state index in [1.54, 1.807) is 15.9 Å². The Kier molecular flexibility index (Phi) is 6.36. The lowest BCUT2D eigenvalue weighted by molar-refractivity contribution is -0.141. The average molecular weight is 485 g/mol. The minimum absolute atomic E-state index is 0.136. The molecular formula is C23H25BrN4O3. The Hall–Kier alpha value is -2.74. The van der Waals surface area contributed by atoms with E-state index in [4.69, 9.17) is 0 Å². The molecule has 3 amide bonds. The van der Waals surface area contributed by atoms with Crippen molar-refractivity contribution in [2.45, 2.75) is 26.2 Å². The third kappa shape index (κ3) is 4.63. The van der Waals surface area contributed by atoms with Crippen molar-refractivity contribution in [1.29, 1.82) is 0 Å². The van der Waals surface area contributed by atoms with Gasteiger partial charge in [-0.3, -0.25) is 14.4 Å². The van der Waals surface area contributed by atoms with Gasteiger partial charge in [0, 0.05) is 29.8 Å². The third-order valence-electron chi connectivity index (χ3n) is 5.89. The zero-order valence-electron chi connectivity index (χ0n) is 17.4. The van der Waals surface area contributed by atoms with Crippen LogP contribution >= 0.6 is 15.9 Å². The Morgan fingerprint density at radius 1 is 1.10 bits per heavy atom. The minimum Gasteiger partial charge on any atom is -0.341 e. The van der Waals surface area contributed by atoms with Crippen LogP contribution in [0.15, 0.2) is 46.9 Å². The van der Waals surface area contributed by atoms with Crippen LogP contribution in [-0.2, 0) is 14.4 Å². The highest BCUT2D eigenvalue weighted by molar-refractivity contribution is 9.10. The number of nitrogens with one attached hydrogen (secondary N) is 1. The largest absolute Gasteiger partial charge is 0.341 e. The first-order valence-corrected chi connectivity index (χ1v) is 11.3. The van der Waals surface area contributed by atoms with E-state index in [9.17, 15) is 14.4 Å². The monoisotopic (exact) mass is 484 g/mol. The van der Waals surface area contributed by atoms with Gasteiger partial charge in [-0.2, -0.15) is 0 Å². The van der Waals surface area contributed by atoms with E-state index in [0.29, 0.717) is 38.3 Å². The standard InChI is InChI=1S/C23H25BrN4O3/c1-15-6-4-10-20(25-15)26-21(29)16-7-5-12-27(14-16)22(30)17-11-13-28(23(17)31)19-9-3-2-8-18(19)24/h2-4,6,8-10,16-17H,5,7,11-14H2,1H3,(H,25,26,29). The van der Waals surface area contributed by atoms with Crippen molar-refractivity contribution in [2.24, 2.45) is 11.8 Å². The smallest absolute Gasteiger partial charge is 0.239 e. The number of aromatic nitrogens is 1. The Balaban J connectivity index is 1.40. The zero-order valence-corrected chi connectivity index (χ0v) is 19.0. The Morgan fingerprint density at radius 2 is 1.90 bits per heavy atom. The summed E-state index contributed by atoms with van der Waals surface area (Å²) in [5.74, 6) is -0.965. The molecule has 0 spiro atoms. The molecule has 1 N–H and O–H groups in total. The maximum atomic E-state index is 13.2. The number of aryl methyl sites for hydroxylation is 1. The Labute approximate surface area is 189 Å². The molecule has 0 saturated carbocycles. The summed E-state index contributed by atoms with van der Waals surface area (Å²) < 4.78 is 0.830. The van der Waals surface area contributed by atoms with Crippen molar-refractivity contribution >= 4 is 45.2 Å². The lowest BCUT2D eigenvalue weighted by atomic mass is 9.95. The summed E-state index contributed by atoms with van der Waals surface area (Å²) in [7, 11) is 0. The van der Waals surface area contributed by atoms with E-state index >= 15 is 0 Å². The van der Waals surface area contributed by atoms with Crippen molar-refractivity contribution in [3.8, 4) is 0 Å². The SMILES string of the molecule is Cc1cccc(NC(=O)C2CCCN(C(=O)C3CCN(c4ccccc4Br)C3=O)C2)n1. The molecule has 1 aromatic heterocycles. The molecule has 0 aliphatic carbocycles. The second-order valence-electron chi connectivity index (χ2n) is 8.06. The van der Waals surface area contributed by atoms with Crippen molar-refractivity contribution in [3.63, 3.8) is 0 Å². The van der Waals surface area contributed by atoms with Gasteiger partial charge in [0.25, 0.3) is 0 Å². The highest BCUT2D eigenvalue weighted by Gasteiger charge is 2.41. The van der Waals surface area contributed by atoms with Gasteiger partial charge in [0.2, 0.25) is 17.7 Å². The molecular weight excluding hydrogens is 460 g/mol. The molecule has 31 heavy (non-hydrogen) atoms. The highest BCUT2D eigenvalue weighted by atomic mass is 79.9. The van der Waals surface area contributed by atoms with E-state index in [0.717, 1.165) is 22.3 Å². The molecule has 2 atom stereocenters. The van der Waals surface area contributed by atoms with E-state index < -0.39 is 5.92 Å². The number of hydrogen-bond acceptors (Lipinski definition) is 4. The molecule has 2 unspecified atom stereocenters. The van der Waals surface area contributed by atoms with E-state index in [1.807, 2.05) is 43.3 Å². The number of benzene rings is 1. The Bertz CT molecular complexity index is 1010. The van der Waals surface area contributed by atoms with Gasteiger partial charge in [0.05, 0.1) is 11.6 Å². The summed E-state index contributed by atoms with van der Waals surface area (Å²) >= 11 is 3.48. The summed E-state index contributed by atoms with van der Waals surface area (Å²) in [4.78, 5) is 46.6. The van der Waals surface area contributed by atoms with Crippen LogP contribution in [0.5, 0.6) is 0 Å². The van der Waals surface area contributed by atoms with Crippen LogP contribution in [0.1, 0.15) is 25.0 Å². The van der Waals surface area contributed by atoms with E-state index in [-0.39, 0.29) is 23.6 Å². The maximum absolute atomic E-state index is 13.2. The molecule has 2 aromatic rings. The number of hydrogen-bond donors (Lipinski definition) is 1. The number of rotatable bonds is 4. The molecule has 2 aliphatic heterocycles. The fraction of sp³-hybridized carbons (Fsp3) is 0.391. The van der Waals surface area contributed by atoms with Gasteiger partial charge < -0.3 is 15.1 Å². The second kappa shape index (κ2) is 9.18. The second-order valence-corrected chi connectivity index (χ2v) is 8.91. The predicted octanol–water partition coefficient (Wildman–Crippen LogP) is 3.38. The zero-order chi connectivity index (χ0) is 22.0. The lowest BCUT2D eigenvalue weighted by Crippen LogP contribution is -2.47. The molecule has 4 rings (SSSR count). The molecule has 0 bridgehead atoms. The number of carbonyl (C=O) groups excluding carboxylic acids is 3. The quantitative estimate of drug-likeness (QED) is 0.674.